The van der Waals surface area contributed by atoms with Crippen LogP contribution in [0, 0.1) is 13.8 Å². The van der Waals surface area contributed by atoms with Crippen molar-refractivity contribution in [1.29, 1.82) is 0 Å². The molecule has 0 atom stereocenters. The van der Waals surface area contributed by atoms with E-state index in [1.54, 1.807) is 25.8 Å². The summed E-state index contributed by atoms with van der Waals surface area (Å²) in [4.78, 5) is 40.7. The molecule has 1 aliphatic carbocycles. The van der Waals surface area contributed by atoms with E-state index in [0.29, 0.717) is 16.8 Å². The van der Waals surface area contributed by atoms with Crippen molar-refractivity contribution in [3.05, 3.63) is 22.5 Å². The van der Waals surface area contributed by atoms with E-state index in [9.17, 15) is 14.4 Å². The Kier molecular flexibility index (Phi) is 5.80. The number of likely N-dealkylation sites (N-methyl/N-ethyl adjacent to an activating group) is 1. The van der Waals surface area contributed by atoms with Gasteiger partial charge in [0.1, 0.15) is 5.69 Å². The molecule has 1 aromatic rings. The number of amides is 1. The van der Waals surface area contributed by atoms with Gasteiger partial charge in [-0.25, -0.2) is 4.79 Å². The summed E-state index contributed by atoms with van der Waals surface area (Å²) in [7, 11) is 1.77. The summed E-state index contributed by atoms with van der Waals surface area (Å²) in [5.41, 5.74) is 1.95. The number of H-pyrrole nitrogens is 1. The van der Waals surface area contributed by atoms with Crippen LogP contribution in [0.4, 0.5) is 0 Å². The number of aryl methyl sites for hydroxylation is 1. The maximum absolute atomic E-state index is 12.2. The maximum atomic E-state index is 12.2. The average molecular weight is 334 g/mol. The number of esters is 1. The number of nitrogens with one attached hydrogen (secondary N) is 1. The Labute approximate surface area is 142 Å². The second kappa shape index (κ2) is 7.64. The van der Waals surface area contributed by atoms with Crippen molar-refractivity contribution in [2.45, 2.75) is 58.9 Å². The largest absolute Gasteiger partial charge is 0.451 e. The maximum Gasteiger partial charge on any atom is 0.355 e. The lowest BCUT2D eigenvalue weighted by atomic mass is 9.94. The molecule has 2 rings (SSSR count). The van der Waals surface area contributed by atoms with Crippen molar-refractivity contribution in [3.8, 4) is 0 Å². The van der Waals surface area contributed by atoms with Crippen LogP contribution in [-0.4, -0.2) is 47.2 Å². The molecule has 0 unspecified atom stereocenters. The van der Waals surface area contributed by atoms with E-state index in [1.165, 1.54) is 13.3 Å². The molecule has 0 aliphatic heterocycles. The van der Waals surface area contributed by atoms with E-state index >= 15 is 0 Å². The molecule has 132 valence electrons. The van der Waals surface area contributed by atoms with Crippen molar-refractivity contribution in [2.75, 3.05) is 13.7 Å². The molecule has 1 N–H and O–H groups in total. The number of nitrogens with zero attached hydrogens (tertiary/aromatic N) is 1. The third-order valence-electron chi connectivity index (χ3n) is 4.84. The van der Waals surface area contributed by atoms with E-state index < -0.39 is 5.97 Å². The Hall–Kier alpha value is -2.11. The molecular weight excluding hydrogens is 308 g/mol. The molecule has 1 saturated carbocycles. The summed E-state index contributed by atoms with van der Waals surface area (Å²) in [5, 5.41) is 0. The first kappa shape index (κ1) is 18.2. The zero-order valence-electron chi connectivity index (χ0n) is 14.9. The summed E-state index contributed by atoms with van der Waals surface area (Å²) < 4.78 is 5.16. The Morgan fingerprint density at radius 1 is 1.17 bits per heavy atom. The lowest BCUT2D eigenvalue weighted by molar-refractivity contribution is -0.135. The van der Waals surface area contributed by atoms with Gasteiger partial charge in [0, 0.05) is 24.3 Å². The summed E-state index contributed by atoms with van der Waals surface area (Å²) in [6.07, 6.45) is 5.51. The highest BCUT2D eigenvalue weighted by atomic mass is 16.5. The van der Waals surface area contributed by atoms with E-state index in [1.807, 2.05) is 0 Å². The van der Waals surface area contributed by atoms with Crippen LogP contribution in [-0.2, 0) is 9.53 Å². The van der Waals surface area contributed by atoms with Crippen LogP contribution < -0.4 is 0 Å². The predicted octanol–water partition coefficient (Wildman–Crippen LogP) is 2.78. The lowest BCUT2D eigenvalue weighted by Crippen LogP contribution is -2.40. The minimum atomic E-state index is -0.603. The van der Waals surface area contributed by atoms with Crippen LogP contribution >= 0.6 is 0 Å². The molecule has 0 saturated heterocycles. The minimum Gasteiger partial charge on any atom is -0.451 e. The first-order valence-electron chi connectivity index (χ1n) is 8.45. The zero-order valence-corrected chi connectivity index (χ0v) is 14.9. The fourth-order valence-electron chi connectivity index (χ4n) is 3.46. The summed E-state index contributed by atoms with van der Waals surface area (Å²) in [5.74, 6) is -0.898. The standard InChI is InChI=1S/C18H26N2O4/c1-11-16(13(3)21)12(2)19-17(11)18(23)24-10-15(22)20(4)14-8-6-5-7-9-14/h14,19H,5-10H2,1-4H3. The molecule has 1 heterocycles. The molecule has 1 fully saturated rings. The van der Waals surface area contributed by atoms with Crippen molar-refractivity contribution in [3.63, 3.8) is 0 Å². The zero-order chi connectivity index (χ0) is 17.9. The number of rotatable bonds is 5. The van der Waals surface area contributed by atoms with Gasteiger partial charge in [0.2, 0.25) is 0 Å². The molecule has 1 aliphatic rings. The Bertz CT molecular complexity index is 642. The predicted molar refractivity (Wildman–Crippen MR) is 90.2 cm³/mol. The number of hydrogen-bond donors (Lipinski definition) is 1. The first-order chi connectivity index (χ1) is 11.3. The number of aromatic nitrogens is 1. The normalized spacial score (nSPS) is 15.2. The quantitative estimate of drug-likeness (QED) is 0.663. The third-order valence-corrected chi connectivity index (χ3v) is 4.84. The highest BCUT2D eigenvalue weighted by Crippen LogP contribution is 2.22. The number of hydrogen-bond acceptors (Lipinski definition) is 4. The number of Topliss-reactive ketones (excluding diaryl/α,β-unsaturated/α-hetero) is 1. The van der Waals surface area contributed by atoms with Crippen LogP contribution in [0.1, 0.15) is 71.1 Å². The summed E-state index contributed by atoms with van der Waals surface area (Å²) in [6.45, 7) is 4.62. The highest BCUT2D eigenvalue weighted by molar-refractivity contribution is 6.01. The van der Waals surface area contributed by atoms with E-state index in [4.69, 9.17) is 4.74 Å². The van der Waals surface area contributed by atoms with Gasteiger partial charge in [-0.15, -0.1) is 0 Å². The number of aromatic amines is 1. The van der Waals surface area contributed by atoms with Crippen molar-refractivity contribution in [2.24, 2.45) is 0 Å². The summed E-state index contributed by atoms with van der Waals surface area (Å²) >= 11 is 0. The van der Waals surface area contributed by atoms with Gasteiger partial charge >= 0.3 is 5.97 Å². The van der Waals surface area contributed by atoms with Gasteiger partial charge < -0.3 is 14.6 Å². The van der Waals surface area contributed by atoms with Crippen LogP contribution in [0.2, 0.25) is 0 Å². The molecule has 6 heteroatoms. The Morgan fingerprint density at radius 2 is 1.79 bits per heavy atom. The SMILES string of the molecule is CC(=O)c1c(C)[nH]c(C(=O)OCC(=O)N(C)C2CCCCC2)c1C. The lowest BCUT2D eigenvalue weighted by Gasteiger charge is -2.31. The molecule has 0 radical (unpaired) electrons. The third kappa shape index (κ3) is 3.86. The fraction of sp³-hybridized carbons (Fsp3) is 0.611. The Balaban J connectivity index is 1.96. The number of carbonyl (C=O) groups excluding carboxylic acids is 3. The Morgan fingerprint density at radius 3 is 2.33 bits per heavy atom. The first-order valence-corrected chi connectivity index (χ1v) is 8.45. The molecule has 1 amide bonds. The molecule has 0 spiro atoms. The van der Waals surface area contributed by atoms with E-state index in [0.717, 1.165) is 25.7 Å². The topological polar surface area (TPSA) is 79.5 Å². The molecule has 24 heavy (non-hydrogen) atoms. The molecule has 6 nitrogen and oxygen atoms in total. The summed E-state index contributed by atoms with van der Waals surface area (Å²) in [6, 6.07) is 0.240. The molecule has 0 bridgehead atoms. The minimum absolute atomic E-state index is 0.103. The number of ether oxygens (including phenoxy) is 1. The van der Waals surface area contributed by atoms with Gasteiger partial charge in [-0.05, 0) is 39.2 Å². The van der Waals surface area contributed by atoms with Crippen LogP contribution in [0.15, 0.2) is 0 Å². The van der Waals surface area contributed by atoms with Crippen LogP contribution in [0.5, 0.6) is 0 Å². The van der Waals surface area contributed by atoms with Gasteiger partial charge in [-0.2, -0.15) is 0 Å². The average Bonchev–Trinajstić information content (AvgIpc) is 2.87. The van der Waals surface area contributed by atoms with Gasteiger partial charge in [0.05, 0.1) is 0 Å². The second-order valence-electron chi connectivity index (χ2n) is 6.55. The van der Waals surface area contributed by atoms with Crippen molar-refractivity contribution < 1.29 is 19.1 Å². The monoisotopic (exact) mass is 334 g/mol. The molecule has 1 aromatic heterocycles. The van der Waals surface area contributed by atoms with Gasteiger partial charge in [-0.3, -0.25) is 9.59 Å². The van der Waals surface area contributed by atoms with Gasteiger partial charge in [-0.1, -0.05) is 19.3 Å². The number of carbonyl (C=O) groups is 3. The van der Waals surface area contributed by atoms with Crippen molar-refractivity contribution in [1.82, 2.24) is 9.88 Å². The molecular formula is C18H26N2O4. The number of ketones is 1. The fourth-order valence-corrected chi connectivity index (χ4v) is 3.46. The molecule has 0 aromatic carbocycles. The van der Waals surface area contributed by atoms with Crippen LogP contribution in [0.3, 0.4) is 0 Å². The van der Waals surface area contributed by atoms with Gasteiger partial charge in [0.25, 0.3) is 5.91 Å². The van der Waals surface area contributed by atoms with E-state index in [2.05, 4.69) is 4.98 Å². The highest BCUT2D eigenvalue weighted by Gasteiger charge is 2.25. The van der Waals surface area contributed by atoms with Crippen LogP contribution in [0.25, 0.3) is 0 Å². The smallest absolute Gasteiger partial charge is 0.355 e. The van der Waals surface area contributed by atoms with Gasteiger partial charge in [0.15, 0.2) is 12.4 Å². The van der Waals surface area contributed by atoms with E-state index in [-0.39, 0.29) is 30.0 Å². The van der Waals surface area contributed by atoms with Crippen molar-refractivity contribution >= 4 is 17.7 Å². The second-order valence-corrected chi connectivity index (χ2v) is 6.55.